The number of likely N-dealkylation sites (N-methyl/N-ethyl adjacent to an activating group) is 1. The molecule has 0 spiro atoms. The van der Waals surface area contributed by atoms with Crippen LogP contribution in [0.4, 0.5) is 8.78 Å². The Morgan fingerprint density at radius 1 is 1.12 bits per heavy atom. The van der Waals surface area contributed by atoms with E-state index in [1.165, 1.54) is 12.1 Å². The topological polar surface area (TPSA) is 32.3 Å². The van der Waals surface area contributed by atoms with Crippen LogP contribution in [-0.4, -0.2) is 23.4 Å². The summed E-state index contributed by atoms with van der Waals surface area (Å²) in [6.07, 6.45) is 0. The number of benzene rings is 2. The van der Waals surface area contributed by atoms with Crippen LogP contribution < -0.4 is 5.32 Å². The maximum atomic E-state index is 13.9. The molecule has 5 heteroatoms. The Morgan fingerprint density at radius 2 is 1.80 bits per heavy atom. The fourth-order valence-corrected chi connectivity index (χ4v) is 2.81. The zero-order valence-corrected chi connectivity index (χ0v) is 14.8. The van der Waals surface area contributed by atoms with E-state index in [9.17, 15) is 13.6 Å². The third-order valence-corrected chi connectivity index (χ3v) is 4.21. The molecule has 0 aliphatic heterocycles. The van der Waals surface area contributed by atoms with Crippen molar-refractivity contribution in [3.05, 3.63) is 71.3 Å². The minimum atomic E-state index is -0.615. The number of nitrogens with zero attached hydrogens (tertiary/aromatic N) is 1. The molecule has 0 aliphatic rings. The van der Waals surface area contributed by atoms with Crippen molar-refractivity contribution in [3.8, 4) is 0 Å². The third kappa shape index (κ3) is 5.10. The van der Waals surface area contributed by atoms with E-state index >= 15 is 0 Å². The fraction of sp³-hybridized carbons (Fsp3) is 0.350. The van der Waals surface area contributed by atoms with Crippen molar-refractivity contribution in [2.24, 2.45) is 0 Å². The molecule has 2 aromatic rings. The van der Waals surface area contributed by atoms with Crippen LogP contribution in [0.3, 0.4) is 0 Å². The van der Waals surface area contributed by atoms with Gasteiger partial charge in [0.1, 0.15) is 11.6 Å². The summed E-state index contributed by atoms with van der Waals surface area (Å²) in [5.41, 5.74) is 1.40. The van der Waals surface area contributed by atoms with E-state index < -0.39 is 23.7 Å². The largest absolute Gasteiger partial charge is 0.337 e. The molecule has 1 N–H and O–H groups in total. The standard InChI is InChI=1S/C20H24F2N2O/c1-4-24(13-16-8-6-5-7-9-16)20(25)15(3)23-14(2)18-11-10-17(21)12-19(18)22/h5-12,14-15,23H,4,13H2,1-3H3. The van der Waals surface area contributed by atoms with Crippen LogP contribution in [0.15, 0.2) is 48.5 Å². The van der Waals surface area contributed by atoms with Crippen LogP contribution in [0, 0.1) is 11.6 Å². The number of halogens is 2. The van der Waals surface area contributed by atoms with E-state index in [1.807, 2.05) is 37.3 Å². The highest BCUT2D eigenvalue weighted by molar-refractivity contribution is 5.81. The number of hydrogen-bond donors (Lipinski definition) is 1. The third-order valence-electron chi connectivity index (χ3n) is 4.21. The number of carbonyl (C=O) groups is 1. The van der Waals surface area contributed by atoms with Gasteiger partial charge in [-0.1, -0.05) is 36.4 Å². The summed E-state index contributed by atoms with van der Waals surface area (Å²) in [4.78, 5) is 14.4. The van der Waals surface area contributed by atoms with Crippen molar-refractivity contribution in [3.63, 3.8) is 0 Å². The lowest BCUT2D eigenvalue weighted by atomic mass is 10.1. The molecule has 2 unspecified atom stereocenters. The first-order valence-corrected chi connectivity index (χ1v) is 8.46. The summed E-state index contributed by atoms with van der Waals surface area (Å²) in [5.74, 6) is -1.28. The molecular weight excluding hydrogens is 322 g/mol. The van der Waals surface area contributed by atoms with Crippen LogP contribution in [0.25, 0.3) is 0 Å². The Kier molecular flexibility index (Phi) is 6.65. The molecule has 0 bridgehead atoms. The SMILES string of the molecule is CCN(Cc1ccccc1)C(=O)C(C)NC(C)c1ccc(F)cc1F. The molecule has 1 amide bonds. The zero-order chi connectivity index (χ0) is 18.4. The number of hydrogen-bond acceptors (Lipinski definition) is 2. The lowest BCUT2D eigenvalue weighted by Gasteiger charge is -2.27. The first-order chi connectivity index (χ1) is 11.9. The second-order valence-electron chi connectivity index (χ2n) is 6.11. The molecule has 0 saturated heterocycles. The Labute approximate surface area is 147 Å². The molecule has 2 rings (SSSR count). The van der Waals surface area contributed by atoms with Gasteiger partial charge in [-0.25, -0.2) is 8.78 Å². The number of amides is 1. The van der Waals surface area contributed by atoms with Crippen LogP contribution in [0.5, 0.6) is 0 Å². The predicted molar refractivity (Wildman–Crippen MR) is 94.9 cm³/mol. The molecular formula is C20H24F2N2O. The summed E-state index contributed by atoms with van der Waals surface area (Å²) >= 11 is 0. The van der Waals surface area contributed by atoms with Gasteiger partial charge in [0.05, 0.1) is 6.04 Å². The summed E-state index contributed by atoms with van der Waals surface area (Å²) in [7, 11) is 0. The van der Waals surface area contributed by atoms with E-state index in [4.69, 9.17) is 0 Å². The van der Waals surface area contributed by atoms with Crippen LogP contribution in [-0.2, 0) is 11.3 Å². The van der Waals surface area contributed by atoms with E-state index in [2.05, 4.69) is 5.32 Å². The van der Waals surface area contributed by atoms with Gasteiger partial charge in [-0.2, -0.15) is 0 Å². The van der Waals surface area contributed by atoms with Crippen LogP contribution in [0.1, 0.15) is 37.9 Å². The van der Waals surface area contributed by atoms with Crippen molar-refractivity contribution in [2.45, 2.75) is 39.4 Å². The molecule has 0 aromatic heterocycles. The minimum absolute atomic E-state index is 0.0549. The molecule has 0 fully saturated rings. The summed E-state index contributed by atoms with van der Waals surface area (Å²) in [6, 6.07) is 12.4. The maximum Gasteiger partial charge on any atom is 0.239 e. The van der Waals surface area contributed by atoms with Gasteiger partial charge < -0.3 is 4.90 Å². The van der Waals surface area contributed by atoms with Crippen molar-refractivity contribution in [1.29, 1.82) is 0 Å². The minimum Gasteiger partial charge on any atom is -0.337 e. The predicted octanol–water partition coefficient (Wildman–Crippen LogP) is 4.05. The highest BCUT2D eigenvalue weighted by Crippen LogP contribution is 2.18. The summed E-state index contributed by atoms with van der Waals surface area (Å²) in [5, 5.41) is 3.10. The van der Waals surface area contributed by atoms with Gasteiger partial charge >= 0.3 is 0 Å². The second-order valence-corrected chi connectivity index (χ2v) is 6.11. The lowest BCUT2D eigenvalue weighted by Crippen LogP contribution is -2.45. The maximum absolute atomic E-state index is 13.9. The van der Waals surface area contributed by atoms with Crippen LogP contribution >= 0.6 is 0 Å². The van der Waals surface area contributed by atoms with Gasteiger partial charge in [-0.15, -0.1) is 0 Å². The van der Waals surface area contributed by atoms with E-state index in [0.717, 1.165) is 11.6 Å². The van der Waals surface area contributed by atoms with Gasteiger partial charge in [0.2, 0.25) is 5.91 Å². The average molecular weight is 346 g/mol. The summed E-state index contributed by atoms with van der Waals surface area (Å²) in [6.45, 7) is 6.55. The quantitative estimate of drug-likeness (QED) is 0.820. The van der Waals surface area contributed by atoms with Gasteiger partial charge in [0.25, 0.3) is 0 Å². The van der Waals surface area contributed by atoms with Crippen molar-refractivity contribution in [1.82, 2.24) is 10.2 Å². The molecule has 2 atom stereocenters. The smallest absolute Gasteiger partial charge is 0.239 e. The Morgan fingerprint density at radius 3 is 2.40 bits per heavy atom. The zero-order valence-electron chi connectivity index (χ0n) is 14.8. The van der Waals surface area contributed by atoms with Gasteiger partial charge in [-0.3, -0.25) is 10.1 Å². The Bertz CT molecular complexity index is 706. The molecule has 3 nitrogen and oxygen atoms in total. The van der Waals surface area contributed by atoms with Crippen molar-refractivity contribution in [2.75, 3.05) is 6.54 Å². The summed E-state index contributed by atoms with van der Waals surface area (Å²) < 4.78 is 26.9. The van der Waals surface area contributed by atoms with Crippen molar-refractivity contribution >= 4 is 5.91 Å². The first kappa shape index (κ1) is 19.1. The number of carbonyl (C=O) groups excluding carboxylic acids is 1. The first-order valence-electron chi connectivity index (χ1n) is 8.46. The van der Waals surface area contributed by atoms with E-state index in [1.54, 1.807) is 18.7 Å². The van der Waals surface area contributed by atoms with Gasteiger partial charge in [0, 0.05) is 30.8 Å². The Balaban J connectivity index is 2.02. The number of rotatable bonds is 7. The molecule has 2 aromatic carbocycles. The number of nitrogens with one attached hydrogen (secondary N) is 1. The Hall–Kier alpha value is -2.27. The fourth-order valence-electron chi connectivity index (χ4n) is 2.81. The van der Waals surface area contributed by atoms with Crippen LogP contribution in [0.2, 0.25) is 0 Å². The lowest BCUT2D eigenvalue weighted by molar-refractivity contribution is -0.133. The molecule has 0 heterocycles. The van der Waals surface area contributed by atoms with Gasteiger partial charge in [0.15, 0.2) is 0 Å². The molecule has 0 saturated carbocycles. The molecule has 25 heavy (non-hydrogen) atoms. The highest BCUT2D eigenvalue weighted by atomic mass is 19.1. The molecule has 134 valence electrons. The van der Waals surface area contributed by atoms with E-state index in [0.29, 0.717) is 18.7 Å². The normalized spacial score (nSPS) is 13.3. The second kappa shape index (κ2) is 8.72. The molecule has 0 aliphatic carbocycles. The van der Waals surface area contributed by atoms with Crippen molar-refractivity contribution < 1.29 is 13.6 Å². The monoisotopic (exact) mass is 346 g/mol. The van der Waals surface area contributed by atoms with Gasteiger partial charge in [-0.05, 0) is 32.4 Å². The molecule has 0 radical (unpaired) electrons. The van der Waals surface area contributed by atoms with E-state index in [-0.39, 0.29) is 5.91 Å². The average Bonchev–Trinajstić information content (AvgIpc) is 2.59. The highest BCUT2D eigenvalue weighted by Gasteiger charge is 2.22.